The Morgan fingerprint density at radius 1 is 1.50 bits per heavy atom. The van der Waals surface area contributed by atoms with E-state index in [2.05, 4.69) is 26.5 Å². The van der Waals surface area contributed by atoms with E-state index in [0.29, 0.717) is 11.5 Å². The molecule has 0 spiro atoms. The van der Waals surface area contributed by atoms with Gasteiger partial charge in [-0.2, -0.15) is 5.10 Å². The highest BCUT2D eigenvalue weighted by atomic mass is 79.9. The smallest absolute Gasteiger partial charge is 0.236 e. The first-order chi connectivity index (χ1) is 7.66. The van der Waals surface area contributed by atoms with Crippen LogP contribution < -0.4 is 14.9 Å². The van der Waals surface area contributed by atoms with E-state index in [1.54, 1.807) is 12.1 Å². The van der Waals surface area contributed by atoms with Crippen LogP contribution in [0, 0.1) is 0 Å². The Hall–Kier alpha value is -1.56. The Labute approximate surface area is 101 Å². The molecule has 0 bridgehead atoms. The molecule has 0 saturated heterocycles. The van der Waals surface area contributed by atoms with Crippen LogP contribution in [0.4, 0.5) is 0 Å². The van der Waals surface area contributed by atoms with Crippen molar-refractivity contribution in [3.63, 3.8) is 0 Å². The molecule has 84 valence electrons. The van der Waals surface area contributed by atoms with Gasteiger partial charge in [0.2, 0.25) is 12.7 Å². The second kappa shape index (κ2) is 4.52. The van der Waals surface area contributed by atoms with Gasteiger partial charge in [-0.25, -0.2) is 5.43 Å². The minimum atomic E-state index is -0.215. The van der Waals surface area contributed by atoms with Crippen LogP contribution in [0.25, 0.3) is 0 Å². The molecule has 0 unspecified atom stereocenters. The fourth-order valence-corrected chi connectivity index (χ4v) is 1.65. The van der Waals surface area contributed by atoms with Crippen molar-refractivity contribution in [3.05, 3.63) is 22.2 Å². The van der Waals surface area contributed by atoms with Crippen molar-refractivity contribution in [1.82, 2.24) is 5.43 Å². The molecule has 1 aromatic rings. The van der Waals surface area contributed by atoms with Crippen LogP contribution in [-0.2, 0) is 4.79 Å². The first-order valence-corrected chi connectivity index (χ1v) is 5.35. The van der Waals surface area contributed by atoms with Crippen molar-refractivity contribution >= 4 is 28.1 Å². The van der Waals surface area contributed by atoms with Crippen LogP contribution in [0.2, 0.25) is 0 Å². The first kappa shape index (κ1) is 10.9. The van der Waals surface area contributed by atoms with E-state index in [-0.39, 0.29) is 12.7 Å². The number of nitrogens with zero attached hydrogens (tertiary/aromatic N) is 1. The zero-order valence-electron chi connectivity index (χ0n) is 8.49. The van der Waals surface area contributed by atoms with Gasteiger partial charge in [0.15, 0.2) is 11.5 Å². The molecule has 0 radical (unpaired) electrons. The zero-order valence-corrected chi connectivity index (χ0v) is 10.1. The second-order valence-electron chi connectivity index (χ2n) is 3.15. The molecule has 1 aliphatic rings. The number of fused-ring (bicyclic) bond motifs is 1. The third kappa shape index (κ3) is 2.33. The van der Waals surface area contributed by atoms with Gasteiger partial charge in [-0.15, -0.1) is 0 Å². The van der Waals surface area contributed by atoms with Gasteiger partial charge in [0.1, 0.15) is 0 Å². The van der Waals surface area contributed by atoms with E-state index >= 15 is 0 Å². The lowest BCUT2D eigenvalue weighted by atomic mass is 10.2. The van der Waals surface area contributed by atoms with E-state index in [1.165, 1.54) is 13.1 Å². The standard InChI is InChI=1S/C10H9BrN2O3/c1-6(14)13-12-4-7-2-9-10(3-8(7)11)16-5-15-9/h2-4H,5H2,1H3,(H,13,14)/b12-4-. The molecule has 2 rings (SSSR count). The number of amides is 1. The Bertz CT molecular complexity index is 460. The highest BCUT2D eigenvalue weighted by molar-refractivity contribution is 9.10. The third-order valence-electron chi connectivity index (χ3n) is 1.92. The third-order valence-corrected chi connectivity index (χ3v) is 2.60. The van der Waals surface area contributed by atoms with Crippen molar-refractivity contribution in [2.45, 2.75) is 6.92 Å². The zero-order chi connectivity index (χ0) is 11.5. The van der Waals surface area contributed by atoms with Crippen molar-refractivity contribution < 1.29 is 14.3 Å². The molecular formula is C10H9BrN2O3. The Morgan fingerprint density at radius 2 is 2.19 bits per heavy atom. The highest BCUT2D eigenvalue weighted by Gasteiger charge is 2.15. The summed E-state index contributed by atoms with van der Waals surface area (Å²) in [7, 11) is 0. The maximum absolute atomic E-state index is 10.6. The van der Waals surface area contributed by atoms with Gasteiger partial charge in [0, 0.05) is 17.0 Å². The van der Waals surface area contributed by atoms with E-state index in [1.807, 2.05) is 0 Å². The number of ether oxygens (including phenoxy) is 2. The minimum Gasteiger partial charge on any atom is -0.454 e. The Kier molecular flexibility index (Phi) is 3.09. The lowest BCUT2D eigenvalue weighted by molar-refractivity contribution is -0.118. The lowest BCUT2D eigenvalue weighted by Crippen LogP contribution is -2.12. The molecule has 1 aromatic carbocycles. The summed E-state index contributed by atoms with van der Waals surface area (Å²) in [6, 6.07) is 3.59. The van der Waals surface area contributed by atoms with Crippen LogP contribution in [0.5, 0.6) is 11.5 Å². The second-order valence-corrected chi connectivity index (χ2v) is 4.01. The summed E-state index contributed by atoms with van der Waals surface area (Å²) < 4.78 is 11.3. The van der Waals surface area contributed by atoms with Crippen molar-refractivity contribution in [2.75, 3.05) is 6.79 Å². The number of hydrogen-bond acceptors (Lipinski definition) is 4. The van der Waals surface area contributed by atoms with Crippen LogP contribution in [-0.4, -0.2) is 18.9 Å². The largest absolute Gasteiger partial charge is 0.454 e. The number of rotatable bonds is 2. The fourth-order valence-electron chi connectivity index (χ4n) is 1.22. The predicted molar refractivity (Wildman–Crippen MR) is 61.7 cm³/mol. The number of hydrazone groups is 1. The molecule has 0 atom stereocenters. The number of nitrogens with one attached hydrogen (secondary N) is 1. The maximum Gasteiger partial charge on any atom is 0.236 e. The fraction of sp³-hybridized carbons (Fsp3) is 0.200. The minimum absolute atomic E-state index is 0.215. The summed E-state index contributed by atoms with van der Waals surface area (Å²) >= 11 is 3.38. The van der Waals surface area contributed by atoms with Crippen molar-refractivity contribution in [3.8, 4) is 11.5 Å². The van der Waals surface area contributed by atoms with Crippen LogP contribution in [0.1, 0.15) is 12.5 Å². The summed E-state index contributed by atoms with van der Waals surface area (Å²) in [6.45, 7) is 1.63. The topological polar surface area (TPSA) is 59.9 Å². The summed E-state index contributed by atoms with van der Waals surface area (Å²) in [6.07, 6.45) is 1.54. The number of benzene rings is 1. The Morgan fingerprint density at radius 3 is 2.88 bits per heavy atom. The summed E-state index contributed by atoms with van der Waals surface area (Å²) in [5.41, 5.74) is 3.13. The van der Waals surface area contributed by atoms with Gasteiger partial charge < -0.3 is 9.47 Å². The van der Waals surface area contributed by atoms with Gasteiger partial charge >= 0.3 is 0 Å². The average Bonchev–Trinajstić information content (AvgIpc) is 2.64. The number of carbonyl (C=O) groups is 1. The monoisotopic (exact) mass is 284 g/mol. The SMILES string of the molecule is CC(=O)N/N=C\c1cc2c(cc1Br)OCO2. The number of hydrogen-bond donors (Lipinski definition) is 1. The van der Waals surface area contributed by atoms with Gasteiger partial charge in [0.25, 0.3) is 0 Å². The predicted octanol–water partition coefficient (Wildman–Crippen LogP) is 1.65. The van der Waals surface area contributed by atoms with Crippen molar-refractivity contribution in [1.29, 1.82) is 0 Å². The molecule has 5 nitrogen and oxygen atoms in total. The number of halogens is 1. The van der Waals surface area contributed by atoms with Gasteiger partial charge in [0.05, 0.1) is 6.21 Å². The molecular weight excluding hydrogens is 276 g/mol. The molecule has 0 aromatic heterocycles. The quantitative estimate of drug-likeness (QED) is 0.664. The van der Waals surface area contributed by atoms with Gasteiger partial charge in [-0.05, 0) is 28.1 Å². The van der Waals surface area contributed by atoms with Crippen LogP contribution in [0.3, 0.4) is 0 Å². The van der Waals surface area contributed by atoms with E-state index in [0.717, 1.165) is 10.0 Å². The van der Waals surface area contributed by atoms with Crippen LogP contribution in [0.15, 0.2) is 21.7 Å². The van der Waals surface area contributed by atoms with Crippen molar-refractivity contribution in [2.24, 2.45) is 5.10 Å². The molecule has 16 heavy (non-hydrogen) atoms. The van der Waals surface area contributed by atoms with E-state index in [4.69, 9.17) is 9.47 Å². The maximum atomic E-state index is 10.6. The summed E-state index contributed by atoms with van der Waals surface area (Å²) in [4.78, 5) is 10.6. The summed E-state index contributed by atoms with van der Waals surface area (Å²) in [5.74, 6) is 1.16. The highest BCUT2D eigenvalue weighted by Crippen LogP contribution is 2.36. The molecule has 1 aliphatic heterocycles. The van der Waals surface area contributed by atoms with E-state index in [9.17, 15) is 4.79 Å². The first-order valence-electron chi connectivity index (χ1n) is 4.55. The molecule has 0 aliphatic carbocycles. The lowest BCUT2D eigenvalue weighted by Gasteiger charge is -2.01. The molecule has 1 amide bonds. The molecule has 6 heteroatoms. The normalized spacial score (nSPS) is 13.1. The average molecular weight is 285 g/mol. The summed E-state index contributed by atoms with van der Waals surface area (Å²) in [5, 5.41) is 3.78. The molecule has 0 fully saturated rings. The Balaban J connectivity index is 2.21. The number of carbonyl (C=O) groups excluding carboxylic acids is 1. The van der Waals surface area contributed by atoms with Crippen LogP contribution >= 0.6 is 15.9 Å². The van der Waals surface area contributed by atoms with Gasteiger partial charge in [-0.1, -0.05) is 0 Å². The van der Waals surface area contributed by atoms with E-state index < -0.39 is 0 Å². The molecule has 1 heterocycles. The molecule has 0 saturated carbocycles. The molecule has 1 N–H and O–H groups in total. The van der Waals surface area contributed by atoms with Gasteiger partial charge in [-0.3, -0.25) is 4.79 Å².